The van der Waals surface area contributed by atoms with E-state index in [1.807, 2.05) is 37.3 Å². The van der Waals surface area contributed by atoms with Gasteiger partial charge in [-0.15, -0.1) is 0 Å². The fraction of sp³-hybridized carbons (Fsp3) is 0.333. The Bertz CT molecular complexity index is 582. The van der Waals surface area contributed by atoms with E-state index in [1.54, 1.807) is 10.9 Å². The van der Waals surface area contributed by atoms with Crippen molar-refractivity contribution in [2.75, 3.05) is 13.2 Å². The summed E-state index contributed by atoms with van der Waals surface area (Å²) in [5.74, 6) is -0.581. The van der Waals surface area contributed by atoms with Crippen LogP contribution in [0.2, 0.25) is 0 Å². The van der Waals surface area contributed by atoms with Gasteiger partial charge < -0.3 is 19.5 Å². The molecule has 1 heterocycles. The monoisotopic (exact) mass is 290 g/mol. The fourth-order valence-corrected chi connectivity index (χ4v) is 1.96. The minimum Gasteiger partial charge on any atom is -0.458 e. The molecule has 0 amide bonds. The van der Waals surface area contributed by atoms with E-state index in [-0.39, 0.29) is 12.6 Å². The number of aliphatic hydroxyl groups excluding tert-OH is 2. The van der Waals surface area contributed by atoms with E-state index in [0.717, 1.165) is 5.56 Å². The first-order valence-electron chi connectivity index (χ1n) is 6.66. The number of esters is 1. The Kier molecular flexibility index (Phi) is 5.08. The molecule has 0 aliphatic rings. The van der Waals surface area contributed by atoms with E-state index in [0.29, 0.717) is 5.69 Å². The van der Waals surface area contributed by atoms with E-state index in [1.165, 1.54) is 6.20 Å². The zero-order chi connectivity index (χ0) is 15.2. The first-order valence-corrected chi connectivity index (χ1v) is 6.66. The molecule has 0 saturated heterocycles. The standard InChI is InChI=1S/C15H18N2O4/c1-11(12-5-3-2-4-6-12)17-10-16-7-14(17)15(20)21-9-13(19)8-18/h2-7,10-11,13,18-19H,8-9H2,1H3/t11-,13?/m0/s1. The molecule has 0 fully saturated rings. The van der Waals surface area contributed by atoms with Crippen LogP contribution in [0.4, 0.5) is 0 Å². The maximum absolute atomic E-state index is 12.0. The molecular formula is C15H18N2O4. The number of hydrogen-bond acceptors (Lipinski definition) is 5. The van der Waals surface area contributed by atoms with E-state index in [2.05, 4.69) is 4.98 Å². The molecule has 1 aromatic heterocycles. The lowest BCUT2D eigenvalue weighted by Crippen LogP contribution is -2.23. The molecule has 0 saturated carbocycles. The summed E-state index contributed by atoms with van der Waals surface area (Å²) < 4.78 is 6.67. The van der Waals surface area contributed by atoms with Crippen molar-refractivity contribution in [3.8, 4) is 0 Å². The number of rotatable bonds is 6. The number of hydrogen-bond donors (Lipinski definition) is 2. The summed E-state index contributed by atoms with van der Waals surface area (Å²) in [6, 6.07) is 9.65. The van der Waals surface area contributed by atoms with Crippen molar-refractivity contribution in [2.24, 2.45) is 0 Å². The van der Waals surface area contributed by atoms with Gasteiger partial charge in [0.15, 0.2) is 0 Å². The molecule has 2 atom stereocenters. The molecule has 0 aliphatic carbocycles. The molecule has 112 valence electrons. The van der Waals surface area contributed by atoms with Crippen LogP contribution in [0, 0.1) is 0 Å². The second-order valence-electron chi connectivity index (χ2n) is 4.71. The van der Waals surface area contributed by atoms with Crippen molar-refractivity contribution >= 4 is 5.97 Å². The molecule has 2 N–H and O–H groups in total. The number of carbonyl (C=O) groups is 1. The van der Waals surface area contributed by atoms with Gasteiger partial charge in [0.1, 0.15) is 18.4 Å². The predicted octanol–water partition coefficient (Wildman–Crippen LogP) is 1.00. The quantitative estimate of drug-likeness (QED) is 0.775. The first kappa shape index (κ1) is 15.2. The van der Waals surface area contributed by atoms with Crippen molar-refractivity contribution in [2.45, 2.75) is 19.1 Å². The summed E-state index contributed by atoms with van der Waals surface area (Å²) in [6.45, 7) is 1.25. The lowest BCUT2D eigenvalue weighted by atomic mass is 10.1. The third-order valence-corrected chi connectivity index (χ3v) is 3.19. The number of aliphatic hydroxyl groups is 2. The van der Waals surface area contributed by atoms with Crippen LogP contribution < -0.4 is 0 Å². The van der Waals surface area contributed by atoms with E-state index < -0.39 is 18.7 Å². The molecular weight excluding hydrogens is 272 g/mol. The van der Waals surface area contributed by atoms with Crippen molar-refractivity contribution < 1.29 is 19.7 Å². The zero-order valence-corrected chi connectivity index (χ0v) is 11.7. The summed E-state index contributed by atoms with van der Waals surface area (Å²) >= 11 is 0. The molecule has 0 bridgehead atoms. The first-order chi connectivity index (χ1) is 10.1. The number of aromatic nitrogens is 2. The van der Waals surface area contributed by atoms with E-state index in [4.69, 9.17) is 9.84 Å². The molecule has 1 aromatic carbocycles. The van der Waals surface area contributed by atoms with Crippen LogP contribution in [0.25, 0.3) is 0 Å². The molecule has 2 aromatic rings. The van der Waals surface area contributed by atoms with Crippen molar-refractivity contribution in [1.82, 2.24) is 9.55 Å². The van der Waals surface area contributed by atoms with E-state index >= 15 is 0 Å². The van der Waals surface area contributed by atoms with Crippen LogP contribution in [0.1, 0.15) is 29.0 Å². The average molecular weight is 290 g/mol. The summed E-state index contributed by atoms with van der Waals surface area (Å²) in [4.78, 5) is 16.0. The van der Waals surface area contributed by atoms with E-state index in [9.17, 15) is 9.90 Å². The summed E-state index contributed by atoms with van der Waals surface area (Å²) in [7, 11) is 0. The third-order valence-electron chi connectivity index (χ3n) is 3.19. The molecule has 2 rings (SSSR count). The number of nitrogens with zero attached hydrogens (tertiary/aromatic N) is 2. The van der Waals surface area contributed by atoms with Gasteiger partial charge >= 0.3 is 5.97 Å². The van der Waals surface area contributed by atoms with Gasteiger partial charge in [0.05, 0.1) is 25.2 Å². The number of carbonyl (C=O) groups excluding carboxylic acids is 1. The van der Waals surface area contributed by atoms with Crippen LogP contribution >= 0.6 is 0 Å². The molecule has 1 unspecified atom stereocenters. The van der Waals surface area contributed by atoms with Gasteiger partial charge in [-0.25, -0.2) is 9.78 Å². The van der Waals surface area contributed by atoms with Crippen molar-refractivity contribution in [3.05, 3.63) is 54.1 Å². The van der Waals surface area contributed by atoms with Crippen molar-refractivity contribution in [1.29, 1.82) is 0 Å². The molecule has 0 spiro atoms. The Morgan fingerprint density at radius 1 is 1.38 bits per heavy atom. The topological polar surface area (TPSA) is 84.6 Å². The maximum atomic E-state index is 12.0. The van der Waals surface area contributed by atoms with Crippen LogP contribution in [-0.2, 0) is 4.74 Å². The summed E-state index contributed by atoms with van der Waals surface area (Å²) in [5, 5.41) is 17.9. The van der Waals surface area contributed by atoms with Gasteiger partial charge in [-0.3, -0.25) is 0 Å². The highest BCUT2D eigenvalue weighted by atomic mass is 16.5. The smallest absolute Gasteiger partial charge is 0.356 e. The predicted molar refractivity (Wildman–Crippen MR) is 75.9 cm³/mol. The maximum Gasteiger partial charge on any atom is 0.356 e. The number of imidazole rings is 1. The van der Waals surface area contributed by atoms with Gasteiger partial charge in [-0.1, -0.05) is 30.3 Å². The Balaban J connectivity index is 2.13. The van der Waals surface area contributed by atoms with Crippen LogP contribution in [0.3, 0.4) is 0 Å². The Hall–Kier alpha value is -2.18. The van der Waals surface area contributed by atoms with Crippen LogP contribution in [0.15, 0.2) is 42.9 Å². The lowest BCUT2D eigenvalue weighted by molar-refractivity contribution is 0.00847. The third kappa shape index (κ3) is 3.68. The highest BCUT2D eigenvalue weighted by Gasteiger charge is 2.19. The molecule has 0 radical (unpaired) electrons. The second-order valence-corrected chi connectivity index (χ2v) is 4.71. The van der Waals surface area contributed by atoms with Crippen LogP contribution in [0.5, 0.6) is 0 Å². The fourth-order valence-electron chi connectivity index (χ4n) is 1.96. The second kappa shape index (κ2) is 7.01. The molecule has 0 aliphatic heterocycles. The lowest BCUT2D eigenvalue weighted by Gasteiger charge is -2.16. The minimum absolute atomic E-state index is 0.0704. The highest BCUT2D eigenvalue weighted by Crippen LogP contribution is 2.19. The Morgan fingerprint density at radius 3 is 2.76 bits per heavy atom. The normalized spacial score (nSPS) is 13.7. The molecule has 6 nitrogen and oxygen atoms in total. The average Bonchev–Trinajstić information content (AvgIpc) is 3.01. The number of benzene rings is 1. The summed E-state index contributed by atoms with van der Waals surface area (Å²) in [6.07, 6.45) is 1.92. The Labute approximate surface area is 122 Å². The number of ether oxygens (including phenoxy) is 1. The Morgan fingerprint density at radius 2 is 2.10 bits per heavy atom. The van der Waals surface area contributed by atoms with Gasteiger partial charge in [0.25, 0.3) is 0 Å². The van der Waals surface area contributed by atoms with Crippen LogP contribution in [-0.4, -0.2) is 45.1 Å². The SMILES string of the molecule is C[C@@H](c1ccccc1)n1cncc1C(=O)OCC(O)CO. The summed E-state index contributed by atoms with van der Waals surface area (Å²) in [5.41, 5.74) is 1.34. The largest absolute Gasteiger partial charge is 0.458 e. The zero-order valence-electron chi connectivity index (χ0n) is 11.7. The van der Waals surface area contributed by atoms with Gasteiger partial charge in [-0.05, 0) is 12.5 Å². The highest BCUT2D eigenvalue weighted by molar-refractivity contribution is 5.87. The van der Waals surface area contributed by atoms with Gasteiger partial charge in [0.2, 0.25) is 0 Å². The van der Waals surface area contributed by atoms with Crippen molar-refractivity contribution in [3.63, 3.8) is 0 Å². The van der Waals surface area contributed by atoms with Gasteiger partial charge in [0, 0.05) is 0 Å². The molecule has 6 heteroatoms. The molecule has 21 heavy (non-hydrogen) atoms. The minimum atomic E-state index is -1.07. The van der Waals surface area contributed by atoms with Gasteiger partial charge in [-0.2, -0.15) is 0 Å².